The van der Waals surface area contributed by atoms with Crippen LogP contribution in [-0.2, 0) is 26.0 Å². The Morgan fingerprint density at radius 2 is 1.75 bits per heavy atom. The number of hydrogen-bond donors (Lipinski definition) is 1. The molecule has 8 heteroatoms. The number of carbonyl (C=O) groups is 1. The number of furan rings is 1. The fraction of sp³-hybridized carbons (Fsp3) is 0.375. The number of aryl methyl sites for hydroxylation is 2. The van der Waals surface area contributed by atoms with Crippen LogP contribution in [0.25, 0.3) is 11.0 Å². The van der Waals surface area contributed by atoms with E-state index in [2.05, 4.69) is 11.4 Å². The van der Waals surface area contributed by atoms with Gasteiger partial charge < -0.3 is 14.5 Å². The Morgan fingerprint density at radius 1 is 1.09 bits per heavy atom. The summed E-state index contributed by atoms with van der Waals surface area (Å²) in [5.41, 5.74) is 4.31. The van der Waals surface area contributed by atoms with E-state index in [4.69, 9.17) is 9.15 Å². The number of hydrogen-bond acceptors (Lipinski definition) is 5. The third-order valence-electron chi connectivity index (χ3n) is 5.61. The van der Waals surface area contributed by atoms with Crippen molar-refractivity contribution in [3.63, 3.8) is 0 Å². The van der Waals surface area contributed by atoms with Crippen molar-refractivity contribution >= 4 is 32.6 Å². The molecule has 1 aliphatic heterocycles. The Balaban J connectivity index is 1.45. The predicted octanol–water partition coefficient (Wildman–Crippen LogP) is 4.03. The maximum absolute atomic E-state index is 13.0. The molecule has 0 aliphatic carbocycles. The molecule has 170 valence electrons. The normalized spacial score (nSPS) is 19.9. The van der Waals surface area contributed by atoms with E-state index in [0.29, 0.717) is 18.8 Å². The lowest BCUT2D eigenvalue weighted by atomic mass is 10.0. The summed E-state index contributed by atoms with van der Waals surface area (Å²) in [6.45, 7) is 8.38. The van der Waals surface area contributed by atoms with Gasteiger partial charge in [0.15, 0.2) is 0 Å². The van der Waals surface area contributed by atoms with Crippen molar-refractivity contribution in [1.82, 2.24) is 4.31 Å². The van der Waals surface area contributed by atoms with Crippen molar-refractivity contribution in [2.24, 2.45) is 0 Å². The number of amides is 1. The van der Waals surface area contributed by atoms with Crippen LogP contribution >= 0.6 is 0 Å². The smallest absolute Gasteiger partial charge is 0.243 e. The molecule has 1 aliphatic rings. The maximum atomic E-state index is 13.0. The average Bonchev–Trinajstić information content (AvgIpc) is 3.10. The highest BCUT2D eigenvalue weighted by molar-refractivity contribution is 7.89. The Labute approximate surface area is 188 Å². The zero-order chi connectivity index (χ0) is 23.0. The summed E-state index contributed by atoms with van der Waals surface area (Å²) in [6.07, 6.45) is 1.48. The van der Waals surface area contributed by atoms with Crippen molar-refractivity contribution in [1.29, 1.82) is 0 Å². The Hall–Kier alpha value is -2.68. The first-order chi connectivity index (χ1) is 15.1. The minimum atomic E-state index is -3.62. The lowest BCUT2D eigenvalue weighted by Gasteiger charge is -2.34. The van der Waals surface area contributed by atoms with Gasteiger partial charge in [-0.3, -0.25) is 4.79 Å². The molecule has 3 aromatic rings. The molecule has 2 aromatic carbocycles. The van der Waals surface area contributed by atoms with E-state index in [-0.39, 0.29) is 29.4 Å². The third-order valence-corrected chi connectivity index (χ3v) is 7.45. The van der Waals surface area contributed by atoms with Gasteiger partial charge in [-0.2, -0.15) is 4.31 Å². The molecule has 4 rings (SSSR count). The van der Waals surface area contributed by atoms with Gasteiger partial charge in [0, 0.05) is 29.7 Å². The summed E-state index contributed by atoms with van der Waals surface area (Å²) < 4.78 is 38.7. The van der Waals surface area contributed by atoms with Gasteiger partial charge in [-0.15, -0.1) is 0 Å². The number of nitrogens with zero attached hydrogens (tertiary/aromatic N) is 1. The molecule has 0 bridgehead atoms. The van der Waals surface area contributed by atoms with Gasteiger partial charge in [-0.25, -0.2) is 8.42 Å². The first-order valence-electron chi connectivity index (χ1n) is 10.7. The van der Waals surface area contributed by atoms with Crippen molar-refractivity contribution in [2.45, 2.75) is 51.2 Å². The monoisotopic (exact) mass is 456 g/mol. The lowest BCUT2D eigenvalue weighted by molar-refractivity contribution is -0.115. The molecule has 1 amide bonds. The summed E-state index contributed by atoms with van der Waals surface area (Å²) in [4.78, 5) is 12.8. The second kappa shape index (κ2) is 8.69. The van der Waals surface area contributed by atoms with Gasteiger partial charge in [0.25, 0.3) is 0 Å². The Morgan fingerprint density at radius 3 is 2.41 bits per heavy atom. The highest BCUT2D eigenvalue weighted by Crippen LogP contribution is 2.27. The molecular formula is C24H28N2O5S. The predicted molar refractivity (Wildman–Crippen MR) is 123 cm³/mol. The standard InChI is InChI=1S/C24H28N2O5S/c1-15-9-16(2)24-19(14-30-22(24)10-15)11-23(27)25-20-5-7-21(8-6-20)32(28,29)26-12-17(3)31-18(4)13-26/h5-10,14,17-18H,11-13H2,1-4H3,(H,25,27)/t17-,18-/m1/s1. The van der Waals surface area contributed by atoms with E-state index >= 15 is 0 Å². The quantitative estimate of drug-likeness (QED) is 0.626. The highest BCUT2D eigenvalue weighted by Gasteiger charge is 2.32. The van der Waals surface area contributed by atoms with Gasteiger partial charge in [-0.1, -0.05) is 6.07 Å². The number of ether oxygens (including phenoxy) is 1. The van der Waals surface area contributed by atoms with Crippen molar-refractivity contribution < 1.29 is 22.4 Å². The summed E-state index contributed by atoms with van der Waals surface area (Å²) in [5.74, 6) is -0.195. The maximum Gasteiger partial charge on any atom is 0.243 e. The largest absolute Gasteiger partial charge is 0.464 e. The van der Waals surface area contributed by atoms with Crippen LogP contribution in [0.3, 0.4) is 0 Å². The van der Waals surface area contributed by atoms with Gasteiger partial charge in [-0.05, 0) is 69.2 Å². The number of benzene rings is 2. The van der Waals surface area contributed by atoms with Crippen LogP contribution in [0.2, 0.25) is 0 Å². The van der Waals surface area contributed by atoms with E-state index < -0.39 is 10.0 Å². The molecule has 7 nitrogen and oxygen atoms in total. The van der Waals surface area contributed by atoms with Crippen LogP contribution < -0.4 is 5.32 Å². The minimum Gasteiger partial charge on any atom is -0.464 e. The number of nitrogens with one attached hydrogen (secondary N) is 1. The topological polar surface area (TPSA) is 88.9 Å². The number of anilines is 1. The summed E-state index contributed by atoms with van der Waals surface area (Å²) >= 11 is 0. The van der Waals surface area contributed by atoms with E-state index in [0.717, 1.165) is 27.7 Å². The lowest BCUT2D eigenvalue weighted by Crippen LogP contribution is -2.48. The van der Waals surface area contributed by atoms with Crippen LogP contribution in [0.15, 0.2) is 52.0 Å². The molecule has 1 aromatic heterocycles. The van der Waals surface area contributed by atoms with E-state index in [9.17, 15) is 13.2 Å². The number of carbonyl (C=O) groups excluding carboxylic acids is 1. The molecule has 2 heterocycles. The Kier molecular flexibility index (Phi) is 6.11. The Bertz CT molecular complexity index is 1240. The summed E-state index contributed by atoms with van der Waals surface area (Å²) in [5, 5.41) is 3.80. The average molecular weight is 457 g/mol. The zero-order valence-corrected chi connectivity index (χ0v) is 19.5. The SMILES string of the molecule is Cc1cc(C)c2c(CC(=O)Nc3ccc(S(=O)(=O)N4C[C@@H](C)O[C@H](C)C4)cc3)coc2c1. The molecule has 32 heavy (non-hydrogen) atoms. The van der Waals surface area contributed by atoms with E-state index in [1.165, 1.54) is 16.4 Å². The van der Waals surface area contributed by atoms with E-state index in [1.807, 2.05) is 33.8 Å². The highest BCUT2D eigenvalue weighted by atomic mass is 32.2. The molecule has 2 atom stereocenters. The second-order valence-electron chi connectivity index (χ2n) is 8.54. The van der Waals surface area contributed by atoms with Gasteiger partial charge in [0.2, 0.25) is 15.9 Å². The molecule has 0 saturated carbocycles. The van der Waals surface area contributed by atoms with Crippen LogP contribution in [-0.4, -0.2) is 43.9 Å². The number of sulfonamides is 1. The second-order valence-corrected chi connectivity index (χ2v) is 10.5. The summed E-state index contributed by atoms with van der Waals surface area (Å²) in [6, 6.07) is 10.3. The van der Waals surface area contributed by atoms with Gasteiger partial charge >= 0.3 is 0 Å². The molecule has 1 N–H and O–H groups in total. The van der Waals surface area contributed by atoms with Crippen LogP contribution in [0.1, 0.15) is 30.5 Å². The fourth-order valence-electron chi connectivity index (χ4n) is 4.32. The van der Waals surface area contributed by atoms with Crippen LogP contribution in [0.4, 0.5) is 5.69 Å². The number of fused-ring (bicyclic) bond motifs is 1. The molecule has 0 unspecified atom stereocenters. The van der Waals surface area contributed by atoms with Crippen molar-refractivity contribution in [3.8, 4) is 0 Å². The zero-order valence-electron chi connectivity index (χ0n) is 18.7. The van der Waals surface area contributed by atoms with Gasteiger partial charge in [0.1, 0.15) is 5.58 Å². The first kappa shape index (κ1) is 22.5. The minimum absolute atomic E-state index is 0.154. The number of rotatable bonds is 5. The first-order valence-corrected chi connectivity index (χ1v) is 12.1. The van der Waals surface area contributed by atoms with E-state index in [1.54, 1.807) is 18.4 Å². The summed E-state index contributed by atoms with van der Waals surface area (Å²) in [7, 11) is -3.62. The third kappa shape index (κ3) is 4.57. The molecular weight excluding hydrogens is 428 g/mol. The van der Waals surface area contributed by atoms with Crippen molar-refractivity contribution in [3.05, 3.63) is 59.4 Å². The number of morpholine rings is 1. The molecule has 0 radical (unpaired) electrons. The molecule has 1 saturated heterocycles. The van der Waals surface area contributed by atoms with Crippen LogP contribution in [0.5, 0.6) is 0 Å². The van der Waals surface area contributed by atoms with Gasteiger partial charge in [0.05, 0.1) is 29.8 Å². The molecule has 1 fully saturated rings. The van der Waals surface area contributed by atoms with Crippen molar-refractivity contribution in [2.75, 3.05) is 18.4 Å². The molecule has 0 spiro atoms. The van der Waals surface area contributed by atoms with Crippen LogP contribution in [0, 0.1) is 13.8 Å². The fourth-order valence-corrected chi connectivity index (χ4v) is 5.91.